The third kappa shape index (κ3) is 4.96. The molecule has 1 aliphatic carbocycles. The van der Waals surface area contributed by atoms with E-state index in [0.717, 1.165) is 23.9 Å². The molecule has 1 aromatic carbocycles. The van der Waals surface area contributed by atoms with Gasteiger partial charge in [0.25, 0.3) is 0 Å². The minimum Gasteiger partial charge on any atom is -0.478 e. The van der Waals surface area contributed by atoms with Crippen LogP contribution in [0.15, 0.2) is 48.8 Å². The molecule has 5 rings (SSSR count). The zero-order chi connectivity index (χ0) is 27.2. The number of aromatic carboxylic acids is 1. The summed E-state index contributed by atoms with van der Waals surface area (Å²) in [6.45, 7) is 1.82. The van der Waals surface area contributed by atoms with Gasteiger partial charge in [0.15, 0.2) is 0 Å². The molecule has 0 saturated heterocycles. The number of anilines is 2. The monoisotopic (exact) mass is 560 g/mol. The maximum atomic E-state index is 13.1. The number of halogens is 4. The summed E-state index contributed by atoms with van der Waals surface area (Å²) in [5, 5.41) is 24.4. The number of aryl methyl sites for hydroxylation is 2. The molecule has 1 unspecified atom stereocenters. The number of carboxylic acids is 1. The number of nitrogens with zero attached hydrogens (tertiary/aromatic N) is 3. The van der Waals surface area contributed by atoms with Gasteiger partial charge in [-0.25, -0.2) is 19.7 Å². The summed E-state index contributed by atoms with van der Waals surface area (Å²) in [6.07, 6.45) is -0.240. The lowest BCUT2D eigenvalue weighted by molar-refractivity contribution is -0.137. The average molecular weight is 561 g/mol. The van der Waals surface area contributed by atoms with Crippen LogP contribution in [-0.4, -0.2) is 31.1 Å². The molecule has 3 aromatic heterocycles. The number of benzene rings is 1. The van der Waals surface area contributed by atoms with E-state index < -0.39 is 23.3 Å². The molecule has 0 saturated carbocycles. The lowest BCUT2D eigenvalue weighted by Crippen LogP contribution is -2.32. The van der Waals surface area contributed by atoms with Crippen LogP contribution in [0.25, 0.3) is 10.6 Å². The molecule has 12 heteroatoms. The molecular formula is C26H20ClF3N4O3S. The van der Waals surface area contributed by atoms with Crippen LogP contribution in [0.3, 0.4) is 0 Å². The molecule has 0 amide bonds. The van der Waals surface area contributed by atoms with Gasteiger partial charge in [-0.1, -0.05) is 11.6 Å². The fraction of sp³-hybridized carbons (Fsp3) is 0.231. The second-order valence-corrected chi connectivity index (χ2v) is 10.4. The van der Waals surface area contributed by atoms with Crippen molar-refractivity contribution in [3.63, 3.8) is 0 Å². The molecule has 38 heavy (non-hydrogen) atoms. The van der Waals surface area contributed by atoms with E-state index in [4.69, 9.17) is 11.6 Å². The lowest BCUT2D eigenvalue weighted by atomic mass is 9.79. The Hall–Kier alpha value is -3.54. The van der Waals surface area contributed by atoms with Gasteiger partial charge in [-0.2, -0.15) is 13.2 Å². The highest BCUT2D eigenvalue weighted by molar-refractivity contribution is 7.15. The number of hydrogen-bond acceptors (Lipinski definition) is 7. The van der Waals surface area contributed by atoms with Crippen LogP contribution in [0.5, 0.6) is 0 Å². The number of fused-ring (bicyclic) bond motifs is 1. The van der Waals surface area contributed by atoms with Crippen molar-refractivity contribution < 1.29 is 28.2 Å². The number of thiazole rings is 1. The summed E-state index contributed by atoms with van der Waals surface area (Å²) in [4.78, 5) is 25.1. The van der Waals surface area contributed by atoms with Crippen LogP contribution in [0.1, 0.15) is 50.5 Å². The quantitative estimate of drug-likeness (QED) is 0.252. The first-order chi connectivity index (χ1) is 17.9. The van der Waals surface area contributed by atoms with Crippen LogP contribution >= 0.6 is 22.9 Å². The molecule has 1 aliphatic rings. The summed E-state index contributed by atoms with van der Waals surface area (Å²) in [6, 6.07) is 8.28. The largest absolute Gasteiger partial charge is 0.478 e. The number of carbonyl (C=O) groups is 1. The van der Waals surface area contributed by atoms with Crippen molar-refractivity contribution in [2.24, 2.45) is 0 Å². The highest BCUT2D eigenvalue weighted by Crippen LogP contribution is 2.45. The Bertz CT molecular complexity index is 1560. The predicted octanol–water partition coefficient (Wildman–Crippen LogP) is 6.59. The Morgan fingerprint density at radius 3 is 2.68 bits per heavy atom. The SMILES string of the molecule is Cc1cc(Nc2cc(C(F)(F)F)ccn2)nc(-c2cnc(C3(O)CCCc4cc(C(=O)O)c(Cl)cc43)s2)c1. The first-order valence-electron chi connectivity index (χ1n) is 11.5. The molecule has 3 heterocycles. The Balaban J connectivity index is 1.47. The predicted molar refractivity (Wildman–Crippen MR) is 137 cm³/mol. The fourth-order valence-corrected chi connectivity index (χ4v) is 5.77. The third-order valence-electron chi connectivity index (χ3n) is 6.28. The molecule has 0 fully saturated rings. The van der Waals surface area contributed by atoms with Crippen LogP contribution in [0.4, 0.5) is 24.8 Å². The van der Waals surface area contributed by atoms with E-state index in [-0.39, 0.29) is 16.4 Å². The van der Waals surface area contributed by atoms with Crippen molar-refractivity contribution in [1.29, 1.82) is 0 Å². The van der Waals surface area contributed by atoms with E-state index in [1.807, 2.05) is 6.92 Å². The van der Waals surface area contributed by atoms with Gasteiger partial charge in [-0.3, -0.25) is 0 Å². The summed E-state index contributed by atoms with van der Waals surface area (Å²) in [7, 11) is 0. The van der Waals surface area contributed by atoms with E-state index in [1.165, 1.54) is 23.5 Å². The molecule has 1 atom stereocenters. The van der Waals surface area contributed by atoms with Gasteiger partial charge < -0.3 is 15.5 Å². The maximum Gasteiger partial charge on any atom is 0.416 e. The number of rotatable bonds is 5. The van der Waals surface area contributed by atoms with E-state index in [9.17, 15) is 28.2 Å². The number of alkyl halides is 3. The topological polar surface area (TPSA) is 108 Å². The molecule has 0 spiro atoms. The van der Waals surface area contributed by atoms with Crippen LogP contribution in [0, 0.1) is 6.92 Å². The fourth-order valence-electron chi connectivity index (χ4n) is 4.51. The van der Waals surface area contributed by atoms with Crippen molar-refractivity contribution in [3.05, 3.63) is 86.6 Å². The van der Waals surface area contributed by atoms with Crippen LogP contribution in [-0.2, 0) is 18.2 Å². The van der Waals surface area contributed by atoms with Crippen LogP contribution in [0.2, 0.25) is 5.02 Å². The summed E-state index contributed by atoms with van der Waals surface area (Å²) in [5.41, 5.74) is 0.238. The van der Waals surface area contributed by atoms with Gasteiger partial charge in [0.2, 0.25) is 0 Å². The highest BCUT2D eigenvalue weighted by Gasteiger charge is 2.40. The van der Waals surface area contributed by atoms with E-state index in [1.54, 1.807) is 18.3 Å². The van der Waals surface area contributed by atoms with Gasteiger partial charge in [0.05, 0.1) is 26.7 Å². The normalized spacial score (nSPS) is 17.2. The second-order valence-electron chi connectivity index (χ2n) is 9.01. The molecule has 3 N–H and O–H groups in total. The van der Waals surface area contributed by atoms with Gasteiger partial charge in [-0.15, -0.1) is 11.3 Å². The molecule has 0 aliphatic heterocycles. The maximum absolute atomic E-state index is 13.1. The zero-order valence-corrected chi connectivity index (χ0v) is 21.4. The van der Waals surface area contributed by atoms with E-state index in [0.29, 0.717) is 51.8 Å². The van der Waals surface area contributed by atoms with Crippen LogP contribution < -0.4 is 5.32 Å². The van der Waals surface area contributed by atoms with Gasteiger partial charge in [0.1, 0.15) is 22.2 Å². The molecule has 7 nitrogen and oxygen atoms in total. The van der Waals surface area contributed by atoms with Crippen molar-refractivity contribution in [2.45, 2.75) is 38.0 Å². The number of pyridine rings is 2. The minimum absolute atomic E-state index is 0.000369. The molecular weight excluding hydrogens is 541 g/mol. The Morgan fingerprint density at radius 1 is 1.16 bits per heavy atom. The number of nitrogens with one attached hydrogen (secondary N) is 1. The lowest BCUT2D eigenvalue weighted by Gasteiger charge is -2.33. The van der Waals surface area contributed by atoms with E-state index >= 15 is 0 Å². The number of aliphatic hydroxyl groups is 1. The van der Waals surface area contributed by atoms with Gasteiger partial charge >= 0.3 is 12.1 Å². The second kappa shape index (κ2) is 9.64. The van der Waals surface area contributed by atoms with Crippen molar-refractivity contribution >= 4 is 40.5 Å². The Labute approximate surface area is 224 Å². The number of aromatic nitrogens is 3. The minimum atomic E-state index is -4.50. The van der Waals surface area contributed by atoms with Crippen molar-refractivity contribution in [3.8, 4) is 10.6 Å². The number of carboxylic acid groups (broad SMARTS) is 1. The molecule has 4 aromatic rings. The molecule has 0 bridgehead atoms. The summed E-state index contributed by atoms with van der Waals surface area (Å²) in [5.74, 6) is -0.838. The number of hydrogen-bond donors (Lipinski definition) is 3. The summed E-state index contributed by atoms with van der Waals surface area (Å²) >= 11 is 7.44. The Morgan fingerprint density at radius 2 is 1.95 bits per heavy atom. The summed E-state index contributed by atoms with van der Waals surface area (Å²) < 4.78 is 39.2. The van der Waals surface area contributed by atoms with E-state index in [2.05, 4.69) is 20.3 Å². The first kappa shape index (κ1) is 26.1. The van der Waals surface area contributed by atoms with Crippen molar-refractivity contribution in [1.82, 2.24) is 15.0 Å². The Kier molecular flexibility index (Phi) is 6.62. The smallest absolute Gasteiger partial charge is 0.416 e. The van der Waals surface area contributed by atoms with Gasteiger partial charge in [0, 0.05) is 12.4 Å². The standard InChI is InChI=1S/C26H20ClF3N4O3S/c1-13-7-19(33-22(8-13)34-21-10-15(4-6-31-21)26(28,29)30)20-12-32-24(38-20)25(37)5-2-3-14-9-16(23(35)36)18(27)11-17(14)25/h4,6-12,37H,2-3,5H2,1H3,(H,35,36)(H,31,33,34). The average Bonchev–Trinajstić information content (AvgIpc) is 3.35. The van der Waals surface area contributed by atoms with Gasteiger partial charge in [-0.05, 0) is 79.3 Å². The first-order valence-corrected chi connectivity index (χ1v) is 12.7. The zero-order valence-electron chi connectivity index (χ0n) is 19.8. The molecule has 0 radical (unpaired) electrons. The highest BCUT2D eigenvalue weighted by atomic mass is 35.5. The molecule has 196 valence electrons. The third-order valence-corrected chi connectivity index (χ3v) is 7.76. The van der Waals surface area contributed by atoms with Crippen molar-refractivity contribution in [2.75, 3.05) is 5.32 Å².